The van der Waals surface area contributed by atoms with Gasteiger partial charge in [-0.25, -0.2) is 0 Å². The summed E-state index contributed by atoms with van der Waals surface area (Å²) in [5, 5.41) is 6.63. The molecule has 2 N–H and O–H groups in total. The molecule has 4 rings (SSSR count). The molecule has 2 fully saturated rings. The Hall–Kier alpha value is -1.34. The summed E-state index contributed by atoms with van der Waals surface area (Å²) in [4.78, 5) is 11.9. The SMILES string of the molecule is S=C(NC1CCCCCCC1)ON1CCC2(C=C(c3ccc(Cl)cc3)NO2)CC1. The summed E-state index contributed by atoms with van der Waals surface area (Å²) in [6.07, 6.45) is 12.9. The highest BCUT2D eigenvalue weighted by atomic mass is 35.5. The molecular formula is C22H30ClN3O2S. The number of hydrogen-bond acceptors (Lipinski definition) is 5. The molecule has 1 spiro atoms. The van der Waals surface area contributed by atoms with Crippen molar-refractivity contribution in [1.29, 1.82) is 0 Å². The molecule has 158 valence electrons. The molecule has 2 aliphatic heterocycles. The van der Waals surface area contributed by atoms with Crippen LogP contribution in [0.4, 0.5) is 0 Å². The fraction of sp³-hybridized carbons (Fsp3) is 0.591. The van der Waals surface area contributed by atoms with E-state index in [0.717, 1.165) is 42.2 Å². The van der Waals surface area contributed by atoms with Crippen LogP contribution in [0.2, 0.25) is 5.02 Å². The molecule has 0 atom stereocenters. The summed E-state index contributed by atoms with van der Waals surface area (Å²) >= 11 is 11.5. The predicted octanol–water partition coefficient (Wildman–Crippen LogP) is 4.97. The summed E-state index contributed by atoms with van der Waals surface area (Å²) in [6.45, 7) is 1.55. The van der Waals surface area contributed by atoms with Crippen molar-refractivity contribution in [3.8, 4) is 0 Å². The molecule has 0 amide bonds. The number of hydrogen-bond donors (Lipinski definition) is 2. The van der Waals surface area contributed by atoms with E-state index in [1.807, 2.05) is 29.3 Å². The van der Waals surface area contributed by atoms with Crippen LogP contribution < -0.4 is 10.8 Å². The fourth-order valence-corrected chi connectivity index (χ4v) is 4.76. The Kier molecular flexibility index (Phi) is 6.96. The summed E-state index contributed by atoms with van der Waals surface area (Å²) in [6, 6.07) is 8.24. The van der Waals surface area contributed by atoms with Crippen LogP contribution in [-0.2, 0) is 9.68 Å². The van der Waals surface area contributed by atoms with Crippen molar-refractivity contribution in [3.63, 3.8) is 0 Å². The second kappa shape index (κ2) is 9.65. The van der Waals surface area contributed by atoms with E-state index >= 15 is 0 Å². The lowest BCUT2D eigenvalue weighted by atomic mass is 9.91. The van der Waals surface area contributed by atoms with Crippen LogP contribution in [0.1, 0.15) is 63.4 Å². The zero-order valence-corrected chi connectivity index (χ0v) is 18.4. The molecule has 0 bridgehead atoms. The maximum atomic E-state index is 5.99. The summed E-state index contributed by atoms with van der Waals surface area (Å²) in [5.74, 6) is 0. The fourth-order valence-electron chi connectivity index (χ4n) is 4.36. The van der Waals surface area contributed by atoms with E-state index < -0.39 is 0 Å². The first-order valence-corrected chi connectivity index (χ1v) is 11.6. The number of halogens is 1. The van der Waals surface area contributed by atoms with E-state index in [0.29, 0.717) is 11.2 Å². The molecule has 0 radical (unpaired) electrons. The van der Waals surface area contributed by atoms with Crippen LogP contribution in [0.25, 0.3) is 5.70 Å². The normalized spacial score (nSPS) is 23.0. The van der Waals surface area contributed by atoms with Crippen LogP contribution in [0.3, 0.4) is 0 Å². The summed E-state index contributed by atoms with van der Waals surface area (Å²) in [5.41, 5.74) is 4.88. The lowest BCUT2D eigenvalue weighted by Crippen LogP contribution is -2.47. The summed E-state index contributed by atoms with van der Waals surface area (Å²) < 4.78 is 0. The highest BCUT2D eigenvalue weighted by Gasteiger charge is 2.39. The molecular weight excluding hydrogens is 406 g/mol. The van der Waals surface area contributed by atoms with E-state index in [1.54, 1.807) is 0 Å². The van der Waals surface area contributed by atoms with Crippen molar-refractivity contribution in [3.05, 3.63) is 40.9 Å². The molecule has 1 aliphatic carbocycles. The topological polar surface area (TPSA) is 45.8 Å². The largest absolute Gasteiger partial charge is 0.376 e. The van der Waals surface area contributed by atoms with Crippen molar-refractivity contribution in [2.75, 3.05) is 13.1 Å². The minimum absolute atomic E-state index is 0.288. The molecule has 5 nitrogen and oxygen atoms in total. The van der Waals surface area contributed by atoms with E-state index in [9.17, 15) is 0 Å². The van der Waals surface area contributed by atoms with Gasteiger partial charge in [0.05, 0.1) is 5.70 Å². The lowest BCUT2D eigenvalue weighted by molar-refractivity contribution is -0.144. The van der Waals surface area contributed by atoms with E-state index in [4.69, 9.17) is 33.5 Å². The average Bonchev–Trinajstić information content (AvgIpc) is 3.10. The Bertz CT molecular complexity index is 724. The molecule has 1 aromatic carbocycles. The highest BCUT2D eigenvalue weighted by molar-refractivity contribution is 7.80. The first-order valence-electron chi connectivity index (χ1n) is 10.8. The number of rotatable bonds is 3. The Morgan fingerprint density at radius 2 is 1.76 bits per heavy atom. The first-order chi connectivity index (χ1) is 14.1. The smallest absolute Gasteiger partial charge is 0.278 e. The van der Waals surface area contributed by atoms with E-state index in [1.165, 1.54) is 44.9 Å². The molecule has 3 aliphatic rings. The maximum Gasteiger partial charge on any atom is 0.278 e. The number of nitrogens with zero attached hydrogens (tertiary/aromatic N) is 1. The van der Waals surface area contributed by atoms with Gasteiger partial charge in [-0.2, -0.15) is 0 Å². The van der Waals surface area contributed by atoms with Gasteiger partial charge in [0.15, 0.2) is 0 Å². The van der Waals surface area contributed by atoms with Crippen molar-refractivity contribution in [2.24, 2.45) is 0 Å². The second-order valence-electron chi connectivity index (χ2n) is 8.33. The van der Waals surface area contributed by atoms with Gasteiger partial charge in [0.2, 0.25) is 0 Å². The Balaban J connectivity index is 1.26. The van der Waals surface area contributed by atoms with Crippen LogP contribution >= 0.6 is 23.8 Å². The van der Waals surface area contributed by atoms with Crippen molar-refractivity contribution >= 4 is 34.7 Å². The third-order valence-electron chi connectivity index (χ3n) is 6.13. The molecule has 0 unspecified atom stereocenters. The predicted molar refractivity (Wildman–Crippen MR) is 120 cm³/mol. The van der Waals surface area contributed by atoms with Gasteiger partial charge in [-0.15, -0.1) is 5.06 Å². The third kappa shape index (κ3) is 5.63. The molecule has 1 saturated heterocycles. The summed E-state index contributed by atoms with van der Waals surface area (Å²) in [7, 11) is 0. The van der Waals surface area contributed by atoms with Gasteiger partial charge in [0.1, 0.15) is 5.60 Å². The quantitative estimate of drug-likeness (QED) is 0.653. The number of benzene rings is 1. The van der Waals surface area contributed by atoms with Gasteiger partial charge < -0.3 is 10.2 Å². The minimum atomic E-state index is -0.288. The molecule has 7 heteroatoms. The zero-order valence-electron chi connectivity index (χ0n) is 16.8. The second-order valence-corrected chi connectivity index (χ2v) is 9.14. The Labute approximate surface area is 183 Å². The highest BCUT2D eigenvalue weighted by Crippen LogP contribution is 2.35. The van der Waals surface area contributed by atoms with Crippen LogP contribution in [0, 0.1) is 0 Å². The maximum absolute atomic E-state index is 5.99. The number of thiocarbonyl (C=S) groups is 1. The monoisotopic (exact) mass is 435 g/mol. The molecule has 2 heterocycles. The number of piperidine rings is 1. The van der Waals surface area contributed by atoms with Gasteiger partial charge in [0.25, 0.3) is 5.17 Å². The van der Waals surface area contributed by atoms with Crippen LogP contribution in [0.5, 0.6) is 0 Å². The molecule has 0 aromatic heterocycles. The van der Waals surface area contributed by atoms with Crippen molar-refractivity contribution < 1.29 is 9.68 Å². The van der Waals surface area contributed by atoms with Gasteiger partial charge in [-0.3, -0.25) is 10.3 Å². The molecule has 1 saturated carbocycles. The Morgan fingerprint density at radius 1 is 1.10 bits per heavy atom. The van der Waals surface area contributed by atoms with Gasteiger partial charge >= 0.3 is 0 Å². The van der Waals surface area contributed by atoms with Crippen molar-refractivity contribution in [2.45, 2.75) is 69.4 Å². The Morgan fingerprint density at radius 3 is 2.45 bits per heavy atom. The standard InChI is InChI=1S/C22H30ClN3O2S/c23-18-10-8-17(9-11-18)20-16-22(28-25-20)12-14-26(15-13-22)27-21(29)24-19-6-4-2-1-3-5-7-19/h8-11,16,19,25H,1-7,12-15H2,(H,24,29). The molecule has 29 heavy (non-hydrogen) atoms. The average molecular weight is 436 g/mol. The van der Waals surface area contributed by atoms with Gasteiger partial charge in [-0.1, -0.05) is 55.8 Å². The van der Waals surface area contributed by atoms with E-state index in [-0.39, 0.29) is 5.60 Å². The first kappa shape index (κ1) is 20.9. The third-order valence-corrected chi connectivity index (χ3v) is 6.58. The van der Waals surface area contributed by atoms with E-state index in [2.05, 4.69) is 16.9 Å². The van der Waals surface area contributed by atoms with Gasteiger partial charge in [-0.05, 0) is 61.7 Å². The molecule has 1 aromatic rings. The van der Waals surface area contributed by atoms with Gasteiger partial charge in [0, 0.05) is 24.2 Å². The zero-order chi connectivity index (χ0) is 20.1. The number of hydroxylamine groups is 3. The lowest BCUT2D eigenvalue weighted by Gasteiger charge is -2.36. The van der Waals surface area contributed by atoms with Crippen molar-refractivity contribution in [1.82, 2.24) is 15.9 Å². The number of nitrogens with one attached hydrogen (secondary N) is 2. The van der Waals surface area contributed by atoms with Crippen LogP contribution in [0.15, 0.2) is 30.3 Å². The van der Waals surface area contributed by atoms with Crippen LogP contribution in [-0.4, -0.2) is 35.0 Å². The minimum Gasteiger partial charge on any atom is -0.376 e.